The van der Waals surface area contributed by atoms with Crippen LogP contribution in [0.1, 0.15) is 35.8 Å². The van der Waals surface area contributed by atoms with Crippen molar-refractivity contribution >= 4 is 0 Å². The van der Waals surface area contributed by atoms with Gasteiger partial charge in [0.15, 0.2) is 0 Å². The van der Waals surface area contributed by atoms with Gasteiger partial charge >= 0.3 is 6.18 Å². The molecule has 0 saturated carbocycles. The first kappa shape index (κ1) is 10.5. The van der Waals surface area contributed by atoms with Gasteiger partial charge in [-0.05, 0) is 25.8 Å². The summed E-state index contributed by atoms with van der Waals surface area (Å²) in [5, 5.41) is 0. The molecule has 1 aromatic rings. The van der Waals surface area contributed by atoms with Crippen molar-refractivity contribution in [1.82, 2.24) is 4.57 Å². The molecule has 0 fully saturated rings. The van der Waals surface area contributed by atoms with Gasteiger partial charge in [0.25, 0.3) is 0 Å². The molecule has 0 radical (unpaired) electrons. The van der Waals surface area contributed by atoms with Crippen LogP contribution in [0.15, 0.2) is 6.07 Å². The van der Waals surface area contributed by atoms with E-state index >= 15 is 0 Å². The highest BCUT2D eigenvalue weighted by Crippen LogP contribution is 2.37. The van der Waals surface area contributed by atoms with Crippen LogP contribution >= 0.6 is 0 Å². The Morgan fingerprint density at radius 2 is 2.13 bits per heavy atom. The van der Waals surface area contributed by atoms with E-state index < -0.39 is 11.7 Å². The lowest BCUT2D eigenvalue weighted by Gasteiger charge is -2.22. The van der Waals surface area contributed by atoms with Crippen molar-refractivity contribution < 1.29 is 13.2 Å². The molecule has 0 bridgehead atoms. The number of fused-ring (bicyclic) bond motifs is 1. The fourth-order valence-electron chi connectivity index (χ4n) is 2.18. The van der Waals surface area contributed by atoms with Crippen molar-refractivity contribution in [3.63, 3.8) is 0 Å². The van der Waals surface area contributed by atoms with E-state index in [0.717, 1.165) is 12.8 Å². The van der Waals surface area contributed by atoms with Crippen LogP contribution in [0.3, 0.4) is 0 Å². The Morgan fingerprint density at radius 1 is 1.47 bits per heavy atom. The number of alkyl halides is 3. The summed E-state index contributed by atoms with van der Waals surface area (Å²) in [6.07, 6.45) is -2.66. The third-order valence-electron chi connectivity index (χ3n) is 2.98. The van der Waals surface area contributed by atoms with Gasteiger partial charge in [0.1, 0.15) is 0 Å². The van der Waals surface area contributed by atoms with Crippen LogP contribution in [-0.4, -0.2) is 4.57 Å². The van der Waals surface area contributed by atoms with Gasteiger partial charge in [-0.3, -0.25) is 0 Å². The minimum Gasteiger partial charge on any atom is -0.347 e. The predicted octanol–water partition coefficient (Wildman–Crippen LogP) is 2.61. The lowest BCUT2D eigenvalue weighted by atomic mass is 10.1. The minimum absolute atomic E-state index is 0.256. The summed E-state index contributed by atoms with van der Waals surface area (Å²) in [4.78, 5) is 0. The molecule has 0 amide bonds. The topological polar surface area (TPSA) is 30.9 Å². The Balaban J connectivity index is 2.53. The summed E-state index contributed by atoms with van der Waals surface area (Å²) in [5.41, 5.74) is 6.14. The van der Waals surface area contributed by atoms with Gasteiger partial charge in [-0.15, -0.1) is 0 Å². The van der Waals surface area contributed by atoms with Crippen LogP contribution in [0.25, 0.3) is 0 Å². The van der Waals surface area contributed by atoms with Gasteiger partial charge in [-0.25, -0.2) is 0 Å². The highest BCUT2D eigenvalue weighted by Gasteiger charge is 2.36. The van der Waals surface area contributed by atoms with Crippen LogP contribution in [0, 0.1) is 6.92 Å². The zero-order valence-corrected chi connectivity index (χ0v) is 8.43. The summed E-state index contributed by atoms with van der Waals surface area (Å²) in [6.45, 7) is 2.15. The highest BCUT2D eigenvalue weighted by molar-refractivity contribution is 5.32. The normalized spacial score (nSPS) is 21.5. The van der Waals surface area contributed by atoms with Gasteiger partial charge in [-0.2, -0.15) is 13.2 Å². The molecule has 1 aromatic heterocycles. The van der Waals surface area contributed by atoms with E-state index in [1.165, 1.54) is 13.0 Å². The summed E-state index contributed by atoms with van der Waals surface area (Å²) in [5.74, 6) is 0. The number of aromatic nitrogens is 1. The Bertz CT molecular complexity index is 379. The molecule has 2 heterocycles. The molecule has 2 rings (SSSR count). The third-order valence-corrected chi connectivity index (χ3v) is 2.98. The predicted molar refractivity (Wildman–Crippen MR) is 50.3 cm³/mol. The second-order valence-corrected chi connectivity index (χ2v) is 3.97. The standard InChI is InChI=1S/C10H13F3N2/c1-6-7(10(11,12)13)5-9-8(14)3-2-4-15(6)9/h5,8H,2-4,14H2,1H3. The first-order chi connectivity index (χ1) is 6.91. The molecule has 84 valence electrons. The second-order valence-electron chi connectivity index (χ2n) is 3.97. The average molecular weight is 218 g/mol. The van der Waals surface area contributed by atoms with E-state index in [0.29, 0.717) is 12.2 Å². The molecule has 15 heavy (non-hydrogen) atoms. The van der Waals surface area contributed by atoms with Crippen molar-refractivity contribution in [3.8, 4) is 0 Å². The van der Waals surface area contributed by atoms with E-state index in [-0.39, 0.29) is 11.7 Å². The molecule has 0 saturated heterocycles. The molecular formula is C10H13F3N2. The monoisotopic (exact) mass is 218 g/mol. The Labute approximate surface area is 85.9 Å². The van der Waals surface area contributed by atoms with Gasteiger partial charge in [0.05, 0.1) is 5.56 Å². The second kappa shape index (κ2) is 3.27. The molecule has 1 atom stereocenters. The number of hydrogen-bond acceptors (Lipinski definition) is 1. The lowest BCUT2D eigenvalue weighted by Crippen LogP contribution is -2.21. The van der Waals surface area contributed by atoms with Crippen molar-refractivity contribution in [2.45, 2.75) is 38.5 Å². The van der Waals surface area contributed by atoms with E-state index in [9.17, 15) is 13.2 Å². The highest BCUT2D eigenvalue weighted by atomic mass is 19.4. The van der Waals surface area contributed by atoms with Gasteiger partial charge in [0.2, 0.25) is 0 Å². The number of hydrogen-bond donors (Lipinski definition) is 1. The van der Waals surface area contributed by atoms with Crippen LogP contribution in [0.5, 0.6) is 0 Å². The van der Waals surface area contributed by atoms with Crippen LogP contribution in [0.2, 0.25) is 0 Å². The molecule has 1 aliphatic heterocycles. The van der Waals surface area contributed by atoms with E-state index in [4.69, 9.17) is 5.73 Å². The molecule has 0 aromatic carbocycles. The van der Waals surface area contributed by atoms with Gasteiger partial charge in [0, 0.05) is 24.0 Å². The van der Waals surface area contributed by atoms with E-state index in [1.54, 1.807) is 4.57 Å². The molecule has 2 nitrogen and oxygen atoms in total. The van der Waals surface area contributed by atoms with Crippen LogP contribution < -0.4 is 5.73 Å². The SMILES string of the molecule is Cc1c(C(F)(F)F)cc2n1CCCC2N. The zero-order valence-electron chi connectivity index (χ0n) is 8.43. The molecule has 0 spiro atoms. The maximum Gasteiger partial charge on any atom is 0.418 e. The first-order valence-electron chi connectivity index (χ1n) is 4.94. The zero-order chi connectivity index (χ0) is 11.2. The van der Waals surface area contributed by atoms with Crippen molar-refractivity contribution in [2.24, 2.45) is 5.73 Å². The lowest BCUT2D eigenvalue weighted by molar-refractivity contribution is -0.138. The van der Waals surface area contributed by atoms with Crippen molar-refractivity contribution in [2.75, 3.05) is 0 Å². The fourth-order valence-corrected chi connectivity index (χ4v) is 2.18. The maximum absolute atomic E-state index is 12.6. The van der Waals surface area contributed by atoms with Gasteiger partial charge < -0.3 is 10.3 Å². The third kappa shape index (κ3) is 1.65. The molecule has 0 aliphatic carbocycles. The molecule has 2 N–H and O–H groups in total. The number of nitrogens with two attached hydrogens (primary N) is 1. The van der Waals surface area contributed by atoms with E-state index in [2.05, 4.69) is 0 Å². The van der Waals surface area contributed by atoms with Crippen LogP contribution in [0.4, 0.5) is 13.2 Å². The molecule has 1 aliphatic rings. The summed E-state index contributed by atoms with van der Waals surface area (Å²) in [6, 6.07) is 0.938. The Hall–Kier alpha value is -0.970. The molecular weight excluding hydrogens is 205 g/mol. The average Bonchev–Trinajstić information content (AvgIpc) is 2.45. The largest absolute Gasteiger partial charge is 0.418 e. The smallest absolute Gasteiger partial charge is 0.347 e. The Kier molecular flexibility index (Phi) is 2.30. The summed E-state index contributed by atoms with van der Waals surface area (Å²) >= 11 is 0. The molecule has 1 unspecified atom stereocenters. The van der Waals surface area contributed by atoms with E-state index in [1.807, 2.05) is 0 Å². The molecule has 5 heteroatoms. The van der Waals surface area contributed by atoms with Crippen molar-refractivity contribution in [3.05, 3.63) is 23.0 Å². The van der Waals surface area contributed by atoms with Crippen molar-refractivity contribution in [1.29, 1.82) is 0 Å². The maximum atomic E-state index is 12.6. The number of nitrogens with zero attached hydrogens (tertiary/aromatic N) is 1. The minimum atomic E-state index is -4.27. The quantitative estimate of drug-likeness (QED) is 0.713. The number of rotatable bonds is 0. The fraction of sp³-hybridized carbons (Fsp3) is 0.600. The summed E-state index contributed by atoms with van der Waals surface area (Å²) in [7, 11) is 0. The van der Waals surface area contributed by atoms with Gasteiger partial charge in [-0.1, -0.05) is 0 Å². The number of halogens is 3. The van der Waals surface area contributed by atoms with Crippen LogP contribution in [-0.2, 0) is 12.7 Å². The summed E-state index contributed by atoms with van der Waals surface area (Å²) < 4.78 is 39.5. The Morgan fingerprint density at radius 3 is 2.67 bits per heavy atom. The first-order valence-corrected chi connectivity index (χ1v) is 4.94.